The number of thioether (sulfide) groups is 1. The predicted octanol–water partition coefficient (Wildman–Crippen LogP) is 3.65. The average Bonchev–Trinajstić information content (AvgIpc) is 2.45. The number of nitrogens with zero attached hydrogens (tertiary/aromatic N) is 1. The van der Waals surface area contributed by atoms with Crippen molar-refractivity contribution < 1.29 is 5.11 Å². The third-order valence-corrected chi connectivity index (χ3v) is 3.97. The van der Waals surface area contributed by atoms with Crippen molar-refractivity contribution in [3.05, 3.63) is 64.7 Å². The topological polar surface area (TPSA) is 44.0 Å². The zero-order valence-electron chi connectivity index (χ0n) is 10.8. The third-order valence-electron chi connectivity index (χ3n) is 2.82. The lowest BCUT2D eigenvalue weighted by molar-refractivity contribution is 0.281. The molecule has 0 spiro atoms. The third kappa shape index (κ3) is 3.60. The molecule has 0 aliphatic heterocycles. The fourth-order valence-electron chi connectivity index (χ4n) is 1.85. The maximum Gasteiger partial charge on any atom is 0.100 e. The molecule has 3 heteroatoms. The van der Waals surface area contributed by atoms with Gasteiger partial charge in [-0.25, -0.2) is 0 Å². The Balaban J connectivity index is 2.13. The summed E-state index contributed by atoms with van der Waals surface area (Å²) in [7, 11) is 0. The van der Waals surface area contributed by atoms with Crippen LogP contribution in [0.5, 0.6) is 0 Å². The molecule has 0 aromatic heterocycles. The van der Waals surface area contributed by atoms with E-state index in [1.54, 1.807) is 17.8 Å². The van der Waals surface area contributed by atoms with Gasteiger partial charge in [0.2, 0.25) is 0 Å². The van der Waals surface area contributed by atoms with Crippen LogP contribution >= 0.6 is 11.8 Å². The highest BCUT2D eigenvalue weighted by atomic mass is 32.2. The first-order valence-corrected chi connectivity index (χ1v) is 7.03. The molecular formula is C16H15NOS. The van der Waals surface area contributed by atoms with Gasteiger partial charge in [-0.1, -0.05) is 35.9 Å². The molecule has 0 radical (unpaired) electrons. The Kier molecular flexibility index (Phi) is 4.62. The van der Waals surface area contributed by atoms with Crippen LogP contribution < -0.4 is 0 Å². The van der Waals surface area contributed by atoms with E-state index < -0.39 is 0 Å². The van der Waals surface area contributed by atoms with Gasteiger partial charge >= 0.3 is 0 Å². The van der Waals surface area contributed by atoms with Crippen molar-refractivity contribution in [2.75, 3.05) is 0 Å². The van der Waals surface area contributed by atoms with Crippen LogP contribution in [0.15, 0.2) is 47.4 Å². The highest BCUT2D eigenvalue weighted by molar-refractivity contribution is 7.98. The standard InChI is InChI=1S/C16H15NOS/c1-12-3-2-4-14(7-12)11-19-16-6-5-13(10-18)8-15(16)9-17/h2-8,18H,10-11H2,1H3. The molecule has 2 nitrogen and oxygen atoms in total. The van der Waals surface area contributed by atoms with E-state index in [-0.39, 0.29) is 6.61 Å². The van der Waals surface area contributed by atoms with Gasteiger partial charge in [-0.2, -0.15) is 5.26 Å². The van der Waals surface area contributed by atoms with Crippen molar-refractivity contribution >= 4 is 11.8 Å². The molecule has 0 saturated carbocycles. The van der Waals surface area contributed by atoms with Gasteiger partial charge in [0.05, 0.1) is 12.2 Å². The molecule has 1 N–H and O–H groups in total. The zero-order valence-corrected chi connectivity index (χ0v) is 11.6. The molecule has 19 heavy (non-hydrogen) atoms. The minimum absolute atomic E-state index is 0.0303. The summed E-state index contributed by atoms with van der Waals surface area (Å²) in [5, 5.41) is 18.2. The van der Waals surface area contributed by atoms with Crippen LogP contribution in [0.2, 0.25) is 0 Å². The summed E-state index contributed by atoms with van der Waals surface area (Å²) in [4.78, 5) is 0.959. The summed E-state index contributed by atoms with van der Waals surface area (Å²) in [6.07, 6.45) is 0. The Morgan fingerprint density at radius 2 is 2.00 bits per heavy atom. The fraction of sp³-hybridized carbons (Fsp3) is 0.188. The number of benzene rings is 2. The SMILES string of the molecule is Cc1cccc(CSc2ccc(CO)cc2C#N)c1. The van der Waals surface area contributed by atoms with Crippen molar-refractivity contribution in [2.45, 2.75) is 24.2 Å². The predicted molar refractivity (Wildman–Crippen MR) is 77.8 cm³/mol. The van der Waals surface area contributed by atoms with E-state index >= 15 is 0 Å². The first kappa shape index (κ1) is 13.7. The maximum atomic E-state index is 9.13. The molecule has 0 heterocycles. The summed E-state index contributed by atoms with van der Waals surface area (Å²) >= 11 is 1.65. The molecular weight excluding hydrogens is 254 g/mol. The second-order valence-corrected chi connectivity index (χ2v) is 5.40. The molecule has 0 aliphatic carbocycles. The number of hydrogen-bond acceptors (Lipinski definition) is 3. The molecule has 0 unspecified atom stereocenters. The van der Waals surface area contributed by atoms with Crippen LogP contribution in [0.3, 0.4) is 0 Å². The van der Waals surface area contributed by atoms with E-state index in [4.69, 9.17) is 10.4 Å². The van der Waals surface area contributed by atoms with Crippen LogP contribution in [-0.2, 0) is 12.4 Å². The lowest BCUT2D eigenvalue weighted by atomic mass is 10.1. The second kappa shape index (κ2) is 6.42. The van der Waals surface area contributed by atoms with Crippen LogP contribution in [0.25, 0.3) is 0 Å². The van der Waals surface area contributed by atoms with Gasteiger partial charge in [0.15, 0.2) is 0 Å². The second-order valence-electron chi connectivity index (χ2n) is 4.38. The molecule has 0 amide bonds. The number of aliphatic hydroxyl groups is 1. The van der Waals surface area contributed by atoms with E-state index in [2.05, 4.69) is 31.2 Å². The smallest absolute Gasteiger partial charge is 0.100 e. The first-order chi connectivity index (χ1) is 9.22. The summed E-state index contributed by atoms with van der Waals surface area (Å²) in [5.74, 6) is 0.842. The van der Waals surface area contributed by atoms with E-state index in [1.807, 2.05) is 18.2 Å². The zero-order chi connectivity index (χ0) is 13.7. The van der Waals surface area contributed by atoms with Crippen molar-refractivity contribution in [2.24, 2.45) is 0 Å². The molecule has 2 aromatic carbocycles. The van der Waals surface area contributed by atoms with Crippen LogP contribution in [0.4, 0.5) is 0 Å². The van der Waals surface area contributed by atoms with Gasteiger partial charge in [0, 0.05) is 10.6 Å². The molecule has 0 atom stereocenters. The normalized spacial score (nSPS) is 10.2. The van der Waals surface area contributed by atoms with Crippen LogP contribution in [-0.4, -0.2) is 5.11 Å². The molecule has 0 fully saturated rings. The summed E-state index contributed by atoms with van der Waals surface area (Å²) < 4.78 is 0. The van der Waals surface area contributed by atoms with Gasteiger partial charge < -0.3 is 5.11 Å². The lowest BCUT2D eigenvalue weighted by Crippen LogP contribution is -1.89. The quantitative estimate of drug-likeness (QED) is 0.862. The van der Waals surface area contributed by atoms with Gasteiger partial charge in [0.1, 0.15) is 6.07 Å². The van der Waals surface area contributed by atoms with Crippen molar-refractivity contribution in [3.8, 4) is 6.07 Å². The van der Waals surface area contributed by atoms with E-state index in [0.29, 0.717) is 5.56 Å². The number of hydrogen-bond donors (Lipinski definition) is 1. The molecule has 0 bridgehead atoms. The number of aliphatic hydroxyl groups excluding tert-OH is 1. The summed E-state index contributed by atoms with van der Waals surface area (Å²) in [6, 6.07) is 16.1. The Labute approximate surface area is 117 Å². The molecule has 2 aromatic rings. The fourth-order valence-corrected chi connectivity index (χ4v) is 2.78. The number of nitriles is 1. The first-order valence-electron chi connectivity index (χ1n) is 6.05. The molecule has 0 aliphatic rings. The molecule has 0 saturated heterocycles. The molecule has 2 rings (SSSR count). The molecule has 96 valence electrons. The van der Waals surface area contributed by atoms with Gasteiger partial charge in [-0.15, -0.1) is 11.8 Å². The van der Waals surface area contributed by atoms with Crippen LogP contribution in [0.1, 0.15) is 22.3 Å². The Bertz CT molecular complexity index is 616. The van der Waals surface area contributed by atoms with Gasteiger partial charge in [0.25, 0.3) is 0 Å². The highest BCUT2D eigenvalue weighted by Crippen LogP contribution is 2.27. The van der Waals surface area contributed by atoms with Gasteiger partial charge in [-0.3, -0.25) is 0 Å². The van der Waals surface area contributed by atoms with E-state index in [1.165, 1.54) is 11.1 Å². The monoisotopic (exact) mass is 269 g/mol. The van der Waals surface area contributed by atoms with Crippen molar-refractivity contribution in [1.29, 1.82) is 5.26 Å². The maximum absolute atomic E-state index is 9.13. The van der Waals surface area contributed by atoms with Crippen LogP contribution in [0, 0.1) is 18.3 Å². The number of aryl methyl sites for hydroxylation is 1. The van der Waals surface area contributed by atoms with E-state index in [9.17, 15) is 0 Å². The largest absolute Gasteiger partial charge is 0.392 e. The minimum Gasteiger partial charge on any atom is -0.392 e. The minimum atomic E-state index is -0.0303. The van der Waals surface area contributed by atoms with Crippen molar-refractivity contribution in [3.63, 3.8) is 0 Å². The Hall–Kier alpha value is -1.76. The Morgan fingerprint density at radius 3 is 2.68 bits per heavy atom. The van der Waals surface area contributed by atoms with Gasteiger partial charge in [-0.05, 0) is 30.2 Å². The number of rotatable bonds is 4. The Morgan fingerprint density at radius 1 is 1.16 bits per heavy atom. The highest BCUT2D eigenvalue weighted by Gasteiger charge is 2.04. The van der Waals surface area contributed by atoms with Crippen molar-refractivity contribution in [1.82, 2.24) is 0 Å². The summed E-state index contributed by atoms with van der Waals surface area (Å²) in [5.41, 5.74) is 3.90. The average molecular weight is 269 g/mol. The summed E-state index contributed by atoms with van der Waals surface area (Å²) in [6.45, 7) is 2.04. The lowest BCUT2D eigenvalue weighted by Gasteiger charge is -2.06. The van der Waals surface area contributed by atoms with E-state index in [0.717, 1.165) is 16.2 Å².